The number of aromatic nitrogens is 1. The van der Waals surface area contributed by atoms with E-state index in [1.807, 2.05) is 18.2 Å². The molecule has 4 rings (SSSR count). The molecular weight excluding hydrogens is 478 g/mol. The molecule has 10 nitrogen and oxygen atoms in total. The number of likely N-dealkylation sites (tertiary alicyclic amines) is 1. The van der Waals surface area contributed by atoms with Crippen LogP contribution in [0.3, 0.4) is 0 Å². The van der Waals surface area contributed by atoms with Crippen molar-refractivity contribution in [2.24, 2.45) is 5.92 Å². The number of ether oxygens (including phenoxy) is 3. The number of carbonyl (C=O) groups is 3. The minimum Gasteiger partial charge on any atom is -0.497 e. The highest BCUT2D eigenvalue weighted by Crippen LogP contribution is 2.25. The third-order valence-electron chi connectivity index (χ3n) is 6.81. The van der Waals surface area contributed by atoms with Crippen LogP contribution in [0.1, 0.15) is 49.5 Å². The molecule has 2 atom stereocenters. The number of carbonyl (C=O) groups excluding carboxylic acids is 3. The number of piperidine rings is 1. The monoisotopic (exact) mass is 513 g/mol. The fraction of sp³-hybridized carbons (Fsp3) is 0.556. The van der Waals surface area contributed by atoms with Gasteiger partial charge in [0.2, 0.25) is 5.91 Å². The SMILES string of the molecule is CCOC(=O)[C@@H]1CCCN(C(=O)CCN(C[C@H]2CCCO2)C(=O)c2cc(-c3cccc(OC)c3)on2)C1. The summed E-state index contributed by atoms with van der Waals surface area (Å²) in [4.78, 5) is 42.0. The fourth-order valence-electron chi connectivity index (χ4n) is 4.81. The zero-order chi connectivity index (χ0) is 26.2. The van der Waals surface area contributed by atoms with E-state index in [1.165, 1.54) is 0 Å². The molecule has 0 spiro atoms. The van der Waals surface area contributed by atoms with Crippen molar-refractivity contribution in [3.05, 3.63) is 36.0 Å². The molecule has 0 bridgehead atoms. The Kier molecular flexibility index (Phi) is 9.16. The second-order valence-corrected chi connectivity index (χ2v) is 9.38. The lowest BCUT2D eigenvalue weighted by Gasteiger charge is -2.32. The molecule has 37 heavy (non-hydrogen) atoms. The van der Waals surface area contributed by atoms with Crippen molar-refractivity contribution in [3.8, 4) is 17.1 Å². The summed E-state index contributed by atoms with van der Waals surface area (Å²) in [5, 5.41) is 4.01. The highest BCUT2D eigenvalue weighted by atomic mass is 16.5. The van der Waals surface area contributed by atoms with Crippen LogP contribution in [0.5, 0.6) is 5.75 Å². The summed E-state index contributed by atoms with van der Waals surface area (Å²) < 4.78 is 21.6. The average molecular weight is 514 g/mol. The molecule has 2 saturated heterocycles. The molecule has 2 aromatic rings. The van der Waals surface area contributed by atoms with E-state index in [2.05, 4.69) is 5.16 Å². The van der Waals surface area contributed by atoms with Gasteiger partial charge in [-0.05, 0) is 44.7 Å². The largest absolute Gasteiger partial charge is 0.497 e. The smallest absolute Gasteiger partial charge is 0.310 e. The van der Waals surface area contributed by atoms with Crippen LogP contribution in [0.4, 0.5) is 0 Å². The van der Waals surface area contributed by atoms with Gasteiger partial charge in [-0.25, -0.2) is 0 Å². The number of hydrogen-bond acceptors (Lipinski definition) is 8. The Morgan fingerprint density at radius 1 is 1.19 bits per heavy atom. The lowest BCUT2D eigenvalue weighted by molar-refractivity contribution is -0.151. The fourth-order valence-corrected chi connectivity index (χ4v) is 4.81. The van der Waals surface area contributed by atoms with Crippen molar-refractivity contribution < 1.29 is 33.1 Å². The van der Waals surface area contributed by atoms with Crippen molar-refractivity contribution >= 4 is 17.8 Å². The zero-order valence-corrected chi connectivity index (χ0v) is 21.5. The molecule has 0 N–H and O–H groups in total. The molecule has 0 unspecified atom stereocenters. The highest BCUT2D eigenvalue weighted by molar-refractivity contribution is 5.93. The van der Waals surface area contributed by atoms with E-state index in [9.17, 15) is 14.4 Å². The minimum atomic E-state index is -0.316. The van der Waals surface area contributed by atoms with Gasteiger partial charge in [-0.2, -0.15) is 0 Å². The Morgan fingerprint density at radius 2 is 2.05 bits per heavy atom. The Morgan fingerprint density at radius 3 is 2.81 bits per heavy atom. The number of hydrogen-bond donors (Lipinski definition) is 0. The Bertz CT molecular complexity index is 1080. The molecule has 2 aliphatic heterocycles. The first-order valence-corrected chi connectivity index (χ1v) is 12.9. The summed E-state index contributed by atoms with van der Waals surface area (Å²) in [5.41, 5.74) is 0.914. The number of amides is 2. The molecule has 200 valence electrons. The van der Waals surface area contributed by atoms with Crippen LogP contribution >= 0.6 is 0 Å². The Labute approximate surface area is 216 Å². The van der Waals surface area contributed by atoms with Crippen LogP contribution in [-0.2, 0) is 19.1 Å². The van der Waals surface area contributed by atoms with E-state index in [-0.39, 0.29) is 48.5 Å². The topological polar surface area (TPSA) is 111 Å². The first-order valence-electron chi connectivity index (χ1n) is 12.9. The first kappa shape index (κ1) is 26.7. The molecule has 2 fully saturated rings. The molecule has 2 aliphatic rings. The summed E-state index contributed by atoms with van der Waals surface area (Å²) >= 11 is 0. The normalized spacial score (nSPS) is 19.5. The van der Waals surface area contributed by atoms with Gasteiger partial charge in [-0.3, -0.25) is 14.4 Å². The summed E-state index contributed by atoms with van der Waals surface area (Å²) in [6.07, 6.45) is 3.34. The van der Waals surface area contributed by atoms with Crippen LogP contribution < -0.4 is 4.74 Å². The molecule has 1 aromatic heterocycles. The Hall–Kier alpha value is -3.40. The summed E-state index contributed by atoms with van der Waals surface area (Å²) in [6, 6.07) is 8.92. The number of nitrogens with zero attached hydrogens (tertiary/aromatic N) is 3. The maximum atomic E-state index is 13.4. The van der Waals surface area contributed by atoms with Gasteiger partial charge < -0.3 is 28.5 Å². The molecule has 2 amide bonds. The van der Waals surface area contributed by atoms with E-state index in [1.54, 1.807) is 36.0 Å². The van der Waals surface area contributed by atoms with E-state index >= 15 is 0 Å². The lowest BCUT2D eigenvalue weighted by Crippen LogP contribution is -2.45. The quantitative estimate of drug-likeness (QED) is 0.446. The second-order valence-electron chi connectivity index (χ2n) is 9.38. The molecule has 0 saturated carbocycles. The van der Waals surface area contributed by atoms with Gasteiger partial charge in [0.05, 0.1) is 25.7 Å². The standard InChI is InChI=1S/C27H35N3O7/c1-3-35-27(33)20-8-5-12-29(17-20)25(31)11-13-30(18-22-10-6-14-36-22)26(32)23-16-24(37-28-23)19-7-4-9-21(15-19)34-2/h4,7,9,15-16,20,22H,3,5-6,8,10-14,17-18H2,1-2H3/t20-,22-/m1/s1. The molecule has 3 heterocycles. The van der Waals surface area contributed by atoms with Gasteiger partial charge >= 0.3 is 5.97 Å². The summed E-state index contributed by atoms with van der Waals surface area (Å²) in [6.45, 7) is 4.31. The molecular formula is C27H35N3O7. The molecule has 0 aliphatic carbocycles. The van der Waals surface area contributed by atoms with E-state index in [4.69, 9.17) is 18.7 Å². The second kappa shape index (κ2) is 12.7. The van der Waals surface area contributed by atoms with Gasteiger partial charge in [-0.15, -0.1) is 0 Å². The number of esters is 1. The van der Waals surface area contributed by atoms with Crippen LogP contribution in [-0.4, -0.2) is 85.3 Å². The van der Waals surface area contributed by atoms with Crippen molar-refractivity contribution in [2.75, 3.05) is 46.5 Å². The van der Waals surface area contributed by atoms with Crippen molar-refractivity contribution in [3.63, 3.8) is 0 Å². The van der Waals surface area contributed by atoms with E-state index in [0.29, 0.717) is 50.8 Å². The van der Waals surface area contributed by atoms with Gasteiger partial charge in [-0.1, -0.05) is 17.3 Å². The number of rotatable bonds is 10. The predicted octanol–water partition coefficient (Wildman–Crippen LogP) is 3.16. The molecule has 1 aromatic carbocycles. The average Bonchev–Trinajstić information content (AvgIpc) is 3.63. The van der Waals surface area contributed by atoms with Gasteiger partial charge in [0.1, 0.15) is 5.75 Å². The van der Waals surface area contributed by atoms with Crippen LogP contribution in [0.25, 0.3) is 11.3 Å². The van der Waals surface area contributed by atoms with Gasteiger partial charge in [0.25, 0.3) is 5.91 Å². The van der Waals surface area contributed by atoms with Crippen LogP contribution in [0, 0.1) is 5.92 Å². The maximum Gasteiger partial charge on any atom is 0.310 e. The van der Waals surface area contributed by atoms with Gasteiger partial charge in [0, 0.05) is 50.8 Å². The van der Waals surface area contributed by atoms with Crippen molar-refractivity contribution in [1.29, 1.82) is 0 Å². The summed E-state index contributed by atoms with van der Waals surface area (Å²) in [7, 11) is 1.58. The van der Waals surface area contributed by atoms with Gasteiger partial charge in [0.15, 0.2) is 11.5 Å². The lowest BCUT2D eigenvalue weighted by atomic mass is 9.98. The maximum absolute atomic E-state index is 13.4. The van der Waals surface area contributed by atoms with Crippen LogP contribution in [0.15, 0.2) is 34.9 Å². The predicted molar refractivity (Wildman–Crippen MR) is 134 cm³/mol. The summed E-state index contributed by atoms with van der Waals surface area (Å²) in [5.74, 6) is 0.165. The zero-order valence-electron chi connectivity index (χ0n) is 21.5. The number of benzene rings is 1. The highest BCUT2D eigenvalue weighted by Gasteiger charge is 2.31. The molecule has 10 heteroatoms. The van der Waals surface area contributed by atoms with E-state index in [0.717, 1.165) is 24.8 Å². The third-order valence-corrected chi connectivity index (χ3v) is 6.81. The van der Waals surface area contributed by atoms with Crippen LogP contribution in [0.2, 0.25) is 0 Å². The first-order chi connectivity index (χ1) is 18.0. The van der Waals surface area contributed by atoms with Crippen molar-refractivity contribution in [1.82, 2.24) is 15.0 Å². The van der Waals surface area contributed by atoms with E-state index < -0.39 is 0 Å². The minimum absolute atomic E-state index is 0.0769. The van der Waals surface area contributed by atoms with Crippen molar-refractivity contribution in [2.45, 2.75) is 45.1 Å². The Balaban J connectivity index is 1.42. The number of methoxy groups -OCH3 is 1. The third kappa shape index (κ3) is 6.88. The molecule has 0 radical (unpaired) electrons.